The minimum Gasteiger partial charge on any atom is -0.336 e. The van der Waals surface area contributed by atoms with Gasteiger partial charge in [0.1, 0.15) is 5.82 Å². The van der Waals surface area contributed by atoms with Crippen LogP contribution in [-0.2, 0) is 0 Å². The lowest BCUT2D eigenvalue weighted by molar-refractivity contribution is 0.247. The van der Waals surface area contributed by atoms with Crippen LogP contribution >= 0.6 is 15.9 Å². The molecular weight excluding hydrogens is 251 g/mol. The highest BCUT2D eigenvalue weighted by Gasteiger charge is 2.23. The molecule has 0 unspecified atom stereocenters. The number of rotatable bonds is 1. The maximum Gasteiger partial charge on any atom is 0.315 e. The molecule has 2 amide bonds. The zero-order chi connectivity index (χ0) is 10.1. The first kappa shape index (κ1) is 9.45. The number of carbonyl (C=O) groups excluding carboxylic acids is 1. The SMILES string of the molecule is O=C1NC[C@H](c2ccc(F)cc2Br)N1. The Balaban J connectivity index is 2.28. The second kappa shape index (κ2) is 3.57. The third-order valence-electron chi connectivity index (χ3n) is 2.11. The summed E-state index contributed by atoms with van der Waals surface area (Å²) >= 11 is 3.26. The first-order chi connectivity index (χ1) is 6.66. The van der Waals surface area contributed by atoms with Gasteiger partial charge in [0.25, 0.3) is 0 Å². The van der Waals surface area contributed by atoms with Gasteiger partial charge in [0, 0.05) is 11.0 Å². The lowest BCUT2D eigenvalue weighted by Gasteiger charge is -2.10. The fourth-order valence-corrected chi connectivity index (χ4v) is 2.05. The van der Waals surface area contributed by atoms with Crippen LogP contribution < -0.4 is 10.6 Å². The highest BCUT2D eigenvalue weighted by molar-refractivity contribution is 9.10. The highest BCUT2D eigenvalue weighted by atomic mass is 79.9. The fourth-order valence-electron chi connectivity index (χ4n) is 1.43. The first-order valence-corrected chi connectivity index (χ1v) is 4.95. The molecule has 74 valence electrons. The Kier molecular flexibility index (Phi) is 2.41. The number of nitrogens with one attached hydrogen (secondary N) is 2. The number of halogens is 2. The summed E-state index contributed by atoms with van der Waals surface area (Å²) in [4.78, 5) is 10.9. The molecule has 0 bridgehead atoms. The number of hydrogen-bond acceptors (Lipinski definition) is 1. The van der Waals surface area contributed by atoms with Crippen LogP contribution in [0.4, 0.5) is 9.18 Å². The molecule has 1 fully saturated rings. The Bertz CT molecular complexity index is 383. The molecule has 0 aromatic heterocycles. The molecule has 1 heterocycles. The zero-order valence-corrected chi connectivity index (χ0v) is 8.77. The molecule has 3 nitrogen and oxygen atoms in total. The van der Waals surface area contributed by atoms with Crippen molar-refractivity contribution >= 4 is 22.0 Å². The van der Waals surface area contributed by atoms with E-state index in [1.807, 2.05) is 0 Å². The predicted octanol–water partition coefficient (Wildman–Crippen LogP) is 1.94. The van der Waals surface area contributed by atoms with E-state index >= 15 is 0 Å². The summed E-state index contributed by atoms with van der Waals surface area (Å²) in [6, 6.07) is 4.16. The molecule has 1 aromatic rings. The lowest BCUT2D eigenvalue weighted by Crippen LogP contribution is -2.21. The monoisotopic (exact) mass is 258 g/mol. The highest BCUT2D eigenvalue weighted by Crippen LogP contribution is 2.25. The van der Waals surface area contributed by atoms with Gasteiger partial charge in [-0.1, -0.05) is 22.0 Å². The van der Waals surface area contributed by atoms with E-state index < -0.39 is 0 Å². The number of benzene rings is 1. The average Bonchev–Trinajstić information content (AvgIpc) is 2.51. The van der Waals surface area contributed by atoms with Crippen LogP contribution in [0.15, 0.2) is 22.7 Å². The van der Waals surface area contributed by atoms with Crippen LogP contribution in [0.5, 0.6) is 0 Å². The molecule has 0 spiro atoms. The van der Waals surface area contributed by atoms with Gasteiger partial charge in [-0.15, -0.1) is 0 Å². The van der Waals surface area contributed by atoms with Crippen molar-refractivity contribution in [2.45, 2.75) is 6.04 Å². The summed E-state index contributed by atoms with van der Waals surface area (Å²) in [5.74, 6) is -0.294. The molecule has 1 atom stereocenters. The molecule has 2 rings (SSSR count). The molecule has 1 saturated heterocycles. The Labute approximate surface area is 88.8 Å². The summed E-state index contributed by atoms with van der Waals surface area (Å²) < 4.78 is 13.5. The van der Waals surface area contributed by atoms with Crippen LogP contribution in [0.1, 0.15) is 11.6 Å². The third kappa shape index (κ3) is 1.72. The molecule has 0 radical (unpaired) electrons. The maximum absolute atomic E-state index is 12.8. The van der Waals surface area contributed by atoms with Gasteiger partial charge in [-0.05, 0) is 17.7 Å². The normalized spacial score (nSPS) is 20.4. The smallest absolute Gasteiger partial charge is 0.315 e. The number of carbonyl (C=O) groups is 1. The molecule has 2 N–H and O–H groups in total. The third-order valence-corrected chi connectivity index (χ3v) is 2.80. The molecular formula is C9H8BrFN2O. The lowest BCUT2D eigenvalue weighted by atomic mass is 10.1. The minimum atomic E-state index is -0.294. The van der Waals surface area contributed by atoms with E-state index in [9.17, 15) is 9.18 Å². The predicted molar refractivity (Wildman–Crippen MR) is 53.4 cm³/mol. The summed E-state index contributed by atoms with van der Waals surface area (Å²) in [5.41, 5.74) is 0.879. The van der Waals surface area contributed by atoms with Crippen LogP contribution in [-0.4, -0.2) is 12.6 Å². The van der Waals surface area contributed by atoms with Crippen LogP contribution in [0.25, 0.3) is 0 Å². The van der Waals surface area contributed by atoms with Crippen molar-refractivity contribution in [2.75, 3.05) is 6.54 Å². The van der Waals surface area contributed by atoms with E-state index in [1.54, 1.807) is 6.07 Å². The average molecular weight is 259 g/mol. The fraction of sp³-hybridized carbons (Fsp3) is 0.222. The summed E-state index contributed by atoms with van der Waals surface area (Å²) in [6.45, 7) is 0.531. The van der Waals surface area contributed by atoms with Gasteiger partial charge >= 0.3 is 6.03 Å². The molecule has 1 aliphatic rings. The second-order valence-corrected chi connectivity index (χ2v) is 3.93. The van der Waals surface area contributed by atoms with Crippen molar-refractivity contribution in [2.24, 2.45) is 0 Å². The van der Waals surface area contributed by atoms with Crippen molar-refractivity contribution in [1.29, 1.82) is 0 Å². The Morgan fingerprint density at radius 3 is 2.86 bits per heavy atom. The van der Waals surface area contributed by atoms with E-state index in [-0.39, 0.29) is 17.9 Å². The largest absolute Gasteiger partial charge is 0.336 e. The number of urea groups is 1. The molecule has 5 heteroatoms. The Morgan fingerprint density at radius 1 is 1.50 bits per heavy atom. The summed E-state index contributed by atoms with van der Waals surface area (Å²) in [5, 5.41) is 5.37. The van der Waals surface area contributed by atoms with Gasteiger partial charge in [0.15, 0.2) is 0 Å². The van der Waals surface area contributed by atoms with E-state index in [4.69, 9.17) is 0 Å². The van der Waals surface area contributed by atoms with Crippen molar-refractivity contribution in [1.82, 2.24) is 10.6 Å². The molecule has 14 heavy (non-hydrogen) atoms. The van der Waals surface area contributed by atoms with Gasteiger partial charge in [-0.3, -0.25) is 0 Å². The topological polar surface area (TPSA) is 41.1 Å². The molecule has 0 aliphatic carbocycles. The van der Waals surface area contributed by atoms with E-state index in [2.05, 4.69) is 26.6 Å². The van der Waals surface area contributed by atoms with Crippen LogP contribution in [0, 0.1) is 5.82 Å². The Morgan fingerprint density at radius 2 is 2.29 bits per heavy atom. The van der Waals surface area contributed by atoms with Gasteiger partial charge in [0.05, 0.1) is 6.04 Å². The van der Waals surface area contributed by atoms with Crippen molar-refractivity contribution < 1.29 is 9.18 Å². The standard InChI is InChI=1S/C9H8BrFN2O/c10-7-3-5(11)1-2-6(7)8-4-12-9(14)13-8/h1-3,8H,4H2,(H2,12,13,14)/t8-/m1/s1. The van der Waals surface area contributed by atoms with E-state index in [1.165, 1.54) is 12.1 Å². The van der Waals surface area contributed by atoms with Crippen molar-refractivity contribution in [3.8, 4) is 0 Å². The van der Waals surface area contributed by atoms with E-state index in [0.29, 0.717) is 11.0 Å². The second-order valence-electron chi connectivity index (χ2n) is 3.07. The molecule has 1 aromatic carbocycles. The number of hydrogen-bond donors (Lipinski definition) is 2. The number of amides is 2. The molecule has 1 aliphatic heterocycles. The van der Waals surface area contributed by atoms with Crippen molar-refractivity contribution in [3.05, 3.63) is 34.1 Å². The van der Waals surface area contributed by atoms with Gasteiger partial charge in [-0.25, -0.2) is 9.18 Å². The maximum atomic E-state index is 12.8. The molecule has 0 saturated carbocycles. The van der Waals surface area contributed by atoms with Gasteiger partial charge in [-0.2, -0.15) is 0 Å². The van der Waals surface area contributed by atoms with E-state index in [0.717, 1.165) is 5.56 Å². The van der Waals surface area contributed by atoms with Gasteiger partial charge in [0.2, 0.25) is 0 Å². The summed E-state index contributed by atoms with van der Waals surface area (Å²) in [6.07, 6.45) is 0. The van der Waals surface area contributed by atoms with Crippen LogP contribution in [0.2, 0.25) is 0 Å². The Hall–Kier alpha value is -1.10. The van der Waals surface area contributed by atoms with Gasteiger partial charge < -0.3 is 10.6 Å². The summed E-state index contributed by atoms with van der Waals surface area (Å²) in [7, 11) is 0. The van der Waals surface area contributed by atoms with Crippen LogP contribution in [0.3, 0.4) is 0 Å². The zero-order valence-electron chi connectivity index (χ0n) is 7.18. The first-order valence-electron chi connectivity index (χ1n) is 4.16. The van der Waals surface area contributed by atoms with Crippen molar-refractivity contribution in [3.63, 3.8) is 0 Å². The minimum absolute atomic E-state index is 0.0857. The quantitative estimate of drug-likeness (QED) is 0.795.